The number of hydrogen-bond donors (Lipinski definition) is 1. The zero-order valence-corrected chi connectivity index (χ0v) is 12.4. The first kappa shape index (κ1) is 15.0. The first-order chi connectivity index (χ1) is 8.54. The molecule has 0 heterocycles. The average Bonchev–Trinajstić information content (AvgIpc) is 2.34. The van der Waals surface area contributed by atoms with Crippen LogP contribution in [0.25, 0.3) is 0 Å². The first-order valence-electron chi connectivity index (χ1n) is 5.78. The van der Waals surface area contributed by atoms with E-state index in [1.807, 2.05) is 13.8 Å². The lowest BCUT2D eigenvalue weighted by molar-refractivity contribution is 0.0746. The minimum Gasteiger partial charge on any atom is -0.497 e. The normalized spacial score (nSPS) is 10.5. The van der Waals surface area contributed by atoms with Crippen LogP contribution >= 0.6 is 15.9 Å². The number of carbonyl (C=O) groups excluding carboxylic acids is 1. The van der Waals surface area contributed by atoms with Gasteiger partial charge in [0.2, 0.25) is 0 Å². The first-order valence-corrected chi connectivity index (χ1v) is 6.57. The SMILES string of the molecule is COc1ccc(Br)c(C(=O)NCCOC(C)C)c1. The van der Waals surface area contributed by atoms with Gasteiger partial charge in [0.25, 0.3) is 5.91 Å². The van der Waals surface area contributed by atoms with Gasteiger partial charge in [-0.05, 0) is 48.0 Å². The summed E-state index contributed by atoms with van der Waals surface area (Å²) in [5.74, 6) is 0.509. The number of benzene rings is 1. The van der Waals surface area contributed by atoms with Gasteiger partial charge in [-0.3, -0.25) is 4.79 Å². The van der Waals surface area contributed by atoms with Gasteiger partial charge in [-0.15, -0.1) is 0 Å². The zero-order valence-electron chi connectivity index (χ0n) is 10.8. The molecule has 0 radical (unpaired) electrons. The highest BCUT2D eigenvalue weighted by Gasteiger charge is 2.10. The van der Waals surface area contributed by atoms with Crippen molar-refractivity contribution in [3.05, 3.63) is 28.2 Å². The number of rotatable bonds is 6. The number of ether oxygens (including phenoxy) is 2. The van der Waals surface area contributed by atoms with Gasteiger partial charge in [0.1, 0.15) is 5.75 Å². The molecule has 0 unspecified atom stereocenters. The molecule has 0 saturated heterocycles. The van der Waals surface area contributed by atoms with Crippen LogP contribution in [0.1, 0.15) is 24.2 Å². The second-order valence-electron chi connectivity index (χ2n) is 4.02. The molecule has 0 aliphatic carbocycles. The van der Waals surface area contributed by atoms with Crippen molar-refractivity contribution in [3.63, 3.8) is 0 Å². The molecule has 1 N–H and O–H groups in total. The van der Waals surface area contributed by atoms with Crippen LogP contribution in [0.15, 0.2) is 22.7 Å². The molecule has 0 spiro atoms. The Morgan fingerprint density at radius 1 is 1.44 bits per heavy atom. The van der Waals surface area contributed by atoms with Gasteiger partial charge in [0, 0.05) is 11.0 Å². The van der Waals surface area contributed by atoms with E-state index in [0.717, 1.165) is 4.47 Å². The largest absolute Gasteiger partial charge is 0.497 e. The number of nitrogens with one attached hydrogen (secondary N) is 1. The number of halogens is 1. The monoisotopic (exact) mass is 315 g/mol. The number of carbonyl (C=O) groups is 1. The van der Waals surface area contributed by atoms with Gasteiger partial charge < -0.3 is 14.8 Å². The van der Waals surface area contributed by atoms with E-state index in [9.17, 15) is 4.79 Å². The van der Waals surface area contributed by atoms with E-state index in [1.165, 1.54) is 0 Å². The smallest absolute Gasteiger partial charge is 0.252 e. The maximum Gasteiger partial charge on any atom is 0.252 e. The molecule has 4 nitrogen and oxygen atoms in total. The van der Waals surface area contributed by atoms with Crippen molar-refractivity contribution in [1.82, 2.24) is 5.32 Å². The Labute approximate surface area is 116 Å². The van der Waals surface area contributed by atoms with Crippen LogP contribution in [-0.2, 0) is 4.74 Å². The van der Waals surface area contributed by atoms with Gasteiger partial charge in [0.15, 0.2) is 0 Å². The van der Waals surface area contributed by atoms with Crippen molar-refractivity contribution < 1.29 is 14.3 Å². The molecule has 1 rings (SSSR count). The topological polar surface area (TPSA) is 47.6 Å². The molecule has 0 fully saturated rings. The highest BCUT2D eigenvalue weighted by Crippen LogP contribution is 2.22. The summed E-state index contributed by atoms with van der Waals surface area (Å²) in [4.78, 5) is 11.9. The fourth-order valence-electron chi connectivity index (χ4n) is 1.36. The molecule has 0 aliphatic heterocycles. The predicted molar refractivity (Wildman–Crippen MR) is 74.1 cm³/mol. The van der Waals surface area contributed by atoms with Crippen LogP contribution in [0.2, 0.25) is 0 Å². The molecule has 1 aromatic carbocycles. The summed E-state index contributed by atoms with van der Waals surface area (Å²) < 4.78 is 11.2. The van der Waals surface area contributed by atoms with E-state index in [-0.39, 0.29) is 12.0 Å². The Balaban J connectivity index is 2.55. The quantitative estimate of drug-likeness (QED) is 0.821. The highest BCUT2D eigenvalue weighted by molar-refractivity contribution is 9.10. The summed E-state index contributed by atoms with van der Waals surface area (Å²) in [6, 6.07) is 5.28. The zero-order chi connectivity index (χ0) is 13.5. The van der Waals surface area contributed by atoms with Crippen molar-refractivity contribution in [2.75, 3.05) is 20.3 Å². The second-order valence-corrected chi connectivity index (χ2v) is 4.88. The number of hydrogen-bond acceptors (Lipinski definition) is 3. The van der Waals surface area contributed by atoms with Crippen molar-refractivity contribution >= 4 is 21.8 Å². The van der Waals surface area contributed by atoms with E-state index >= 15 is 0 Å². The van der Waals surface area contributed by atoms with E-state index in [0.29, 0.717) is 24.5 Å². The Morgan fingerprint density at radius 3 is 2.78 bits per heavy atom. The molecule has 1 aromatic rings. The standard InChI is InChI=1S/C13H18BrNO3/c1-9(2)18-7-6-15-13(16)11-8-10(17-3)4-5-12(11)14/h4-5,8-9H,6-7H2,1-3H3,(H,15,16). The lowest BCUT2D eigenvalue weighted by atomic mass is 10.2. The van der Waals surface area contributed by atoms with Crippen LogP contribution in [0.5, 0.6) is 5.75 Å². The fourth-order valence-corrected chi connectivity index (χ4v) is 1.79. The summed E-state index contributed by atoms with van der Waals surface area (Å²) in [5.41, 5.74) is 0.555. The van der Waals surface area contributed by atoms with Crippen molar-refractivity contribution in [2.24, 2.45) is 0 Å². The number of amides is 1. The molecular formula is C13H18BrNO3. The Morgan fingerprint density at radius 2 is 2.17 bits per heavy atom. The third-order valence-electron chi connectivity index (χ3n) is 2.26. The van der Waals surface area contributed by atoms with Crippen LogP contribution in [-0.4, -0.2) is 32.3 Å². The Hall–Kier alpha value is -1.07. The van der Waals surface area contributed by atoms with Crippen LogP contribution in [0.3, 0.4) is 0 Å². The summed E-state index contributed by atoms with van der Waals surface area (Å²) in [6.45, 7) is 4.91. The maximum absolute atomic E-state index is 11.9. The van der Waals surface area contributed by atoms with Gasteiger partial charge in [-0.1, -0.05) is 0 Å². The predicted octanol–water partition coefficient (Wildman–Crippen LogP) is 2.61. The molecule has 1 amide bonds. The lowest BCUT2D eigenvalue weighted by Crippen LogP contribution is -2.28. The molecule has 5 heteroatoms. The Bertz CT molecular complexity index is 407. The van der Waals surface area contributed by atoms with E-state index < -0.39 is 0 Å². The summed E-state index contributed by atoms with van der Waals surface area (Å²) >= 11 is 3.34. The third-order valence-corrected chi connectivity index (χ3v) is 2.95. The second kappa shape index (κ2) is 7.38. The fraction of sp³-hybridized carbons (Fsp3) is 0.462. The van der Waals surface area contributed by atoms with Crippen molar-refractivity contribution in [3.8, 4) is 5.75 Å². The summed E-state index contributed by atoms with van der Waals surface area (Å²) in [5, 5.41) is 2.80. The maximum atomic E-state index is 11.9. The van der Waals surface area contributed by atoms with Crippen LogP contribution in [0.4, 0.5) is 0 Å². The molecule has 0 saturated carbocycles. The number of methoxy groups -OCH3 is 1. The van der Waals surface area contributed by atoms with Crippen molar-refractivity contribution in [1.29, 1.82) is 0 Å². The minimum absolute atomic E-state index is 0.145. The third kappa shape index (κ3) is 4.66. The van der Waals surface area contributed by atoms with Gasteiger partial charge in [-0.25, -0.2) is 0 Å². The van der Waals surface area contributed by atoms with Crippen LogP contribution in [0, 0.1) is 0 Å². The molecular weight excluding hydrogens is 298 g/mol. The minimum atomic E-state index is -0.145. The molecule has 0 bridgehead atoms. The molecule has 100 valence electrons. The highest BCUT2D eigenvalue weighted by atomic mass is 79.9. The molecule has 0 atom stereocenters. The Kier molecular flexibility index (Phi) is 6.15. The summed E-state index contributed by atoms with van der Waals surface area (Å²) in [7, 11) is 1.57. The van der Waals surface area contributed by atoms with Gasteiger partial charge in [-0.2, -0.15) is 0 Å². The van der Waals surface area contributed by atoms with E-state index in [2.05, 4.69) is 21.2 Å². The van der Waals surface area contributed by atoms with E-state index in [4.69, 9.17) is 9.47 Å². The van der Waals surface area contributed by atoms with Gasteiger partial charge in [0.05, 0.1) is 25.4 Å². The molecule has 0 aliphatic rings. The van der Waals surface area contributed by atoms with E-state index in [1.54, 1.807) is 25.3 Å². The lowest BCUT2D eigenvalue weighted by Gasteiger charge is -2.10. The van der Waals surface area contributed by atoms with Crippen molar-refractivity contribution in [2.45, 2.75) is 20.0 Å². The van der Waals surface area contributed by atoms with Gasteiger partial charge >= 0.3 is 0 Å². The average molecular weight is 316 g/mol. The van der Waals surface area contributed by atoms with Crippen LogP contribution < -0.4 is 10.1 Å². The molecule has 0 aromatic heterocycles. The molecule has 18 heavy (non-hydrogen) atoms. The summed E-state index contributed by atoms with van der Waals surface area (Å²) in [6.07, 6.45) is 0.172.